The topological polar surface area (TPSA) is 78.9 Å². The Balaban J connectivity index is 4.27. The molecule has 0 saturated carbocycles. The highest BCUT2D eigenvalue weighted by molar-refractivity contribution is 5.71. The predicted molar refractivity (Wildman–Crippen MR) is 284 cm³/mol. The Morgan fingerprint density at radius 3 is 0.742 bits per heavy atom. The highest BCUT2D eigenvalue weighted by Gasteiger charge is 2.19. The van der Waals surface area contributed by atoms with E-state index in [1.807, 2.05) is 0 Å². The fourth-order valence-corrected chi connectivity index (χ4v) is 9.28. The second-order valence-electron chi connectivity index (χ2n) is 21.1. The molecule has 6 heteroatoms. The number of hydrogen-bond acceptors (Lipinski definition) is 6. The molecule has 0 N–H and O–H groups in total. The second kappa shape index (κ2) is 54.4. The molecule has 0 aliphatic carbocycles. The Morgan fingerprint density at radius 1 is 0.288 bits per heavy atom. The first kappa shape index (κ1) is 64.4. The molecular formula is C60H116O6. The van der Waals surface area contributed by atoms with Crippen molar-refractivity contribution >= 4 is 17.9 Å². The van der Waals surface area contributed by atoms with Gasteiger partial charge in [0.15, 0.2) is 6.10 Å². The molecule has 66 heavy (non-hydrogen) atoms. The minimum atomic E-state index is -0.762. The summed E-state index contributed by atoms with van der Waals surface area (Å²) in [5, 5.41) is 0. The Morgan fingerprint density at radius 2 is 0.500 bits per heavy atom. The molecule has 0 heterocycles. The minimum Gasteiger partial charge on any atom is -0.462 e. The molecule has 0 aliphatic heterocycles. The van der Waals surface area contributed by atoms with Crippen LogP contribution in [0.3, 0.4) is 0 Å². The van der Waals surface area contributed by atoms with Crippen LogP contribution in [0.25, 0.3) is 0 Å². The first-order valence-electron chi connectivity index (χ1n) is 29.9. The number of unbranched alkanes of at least 4 members (excludes halogenated alkanes) is 42. The van der Waals surface area contributed by atoms with Crippen LogP contribution < -0.4 is 0 Å². The van der Waals surface area contributed by atoms with Crippen LogP contribution in [-0.4, -0.2) is 37.2 Å². The largest absolute Gasteiger partial charge is 0.462 e. The van der Waals surface area contributed by atoms with Gasteiger partial charge in [0, 0.05) is 19.3 Å². The summed E-state index contributed by atoms with van der Waals surface area (Å²) in [4.78, 5) is 38.2. The van der Waals surface area contributed by atoms with Crippen LogP contribution in [0.15, 0.2) is 0 Å². The SMILES string of the molecule is CCCCCCCCCCCCCCCCCCCCCC(=O)OC[C@H](COC(=O)CCCCCCCCCCCCCCCCC)OC(=O)CCCCCCCCCCCCCC(C)C. The fourth-order valence-electron chi connectivity index (χ4n) is 9.28. The van der Waals surface area contributed by atoms with Crippen molar-refractivity contribution in [1.82, 2.24) is 0 Å². The summed E-state index contributed by atoms with van der Waals surface area (Å²) in [6, 6.07) is 0. The third-order valence-corrected chi connectivity index (χ3v) is 13.8. The van der Waals surface area contributed by atoms with Crippen molar-refractivity contribution in [2.75, 3.05) is 13.2 Å². The van der Waals surface area contributed by atoms with Gasteiger partial charge in [-0.05, 0) is 25.2 Å². The van der Waals surface area contributed by atoms with Crippen molar-refractivity contribution < 1.29 is 28.6 Å². The van der Waals surface area contributed by atoms with Gasteiger partial charge >= 0.3 is 17.9 Å². The number of carbonyl (C=O) groups is 3. The molecule has 0 amide bonds. The lowest BCUT2D eigenvalue weighted by Crippen LogP contribution is -2.30. The molecule has 0 aromatic rings. The standard InChI is InChI=1S/C60H116O6/c1-5-7-9-11-13-15-17-19-21-22-23-24-26-28-32-36-40-44-48-52-59(62)65-55-57(66-60(63)53-49-45-41-37-33-29-30-34-38-42-46-50-56(3)4)54-64-58(61)51-47-43-39-35-31-27-25-20-18-16-14-12-10-8-6-2/h56-57H,5-55H2,1-4H3/t57-/m0/s1. The molecule has 1 atom stereocenters. The number of hydrogen-bond donors (Lipinski definition) is 0. The van der Waals surface area contributed by atoms with Crippen LogP contribution >= 0.6 is 0 Å². The maximum absolute atomic E-state index is 12.8. The van der Waals surface area contributed by atoms with E-state index in [0.29, 0.717) is 19.3 Å². The van der Waals surface area contributed by atoms with Crippen molar-refractivity contribution in [1.29, 1.82) is 0 Å². The van der Waals surface area contributed by atoms with E-state index in [9.17, 15) is 14.4 Å². The van der Waals surface area contributed by atoms with Crippen molar-refractivity contribution in [3.63, 3.8) is 0 Å². The molecule has 0 bridgehead atoms. The molecule has 0 saturated heterocycles. The maximum Gasteiger partial charge on any atom is 0.306 e. The summed E-state index contributed by atoms with van der Waals surface area (Å²) < 4.78 is 16.9. The van der Waals surface area contributed by atoms with Gasteiger partial charge in [0.1, 0.15) is 13.2 Å². The predicted octanol–water partition coefficient (Wildman–Crippen LogP) is 19.8. The van der Waals surface area contributed by atoms with Gasteiger partial charge in [0.2, 0.25) is 0 Å². The van der Waals surface area contributed by atoms with E-state index in [1.165, 1.54) is 238 Å². The summed E-state index contributed by atoms with van der Waals surface area (Å²) in [6.45, 7) is 9.06. The number of rotatable bonds is 55. The maximum atomic E-state index is 12.8. The number of esters is 3. The molecule has 6 nitrogen and oxygen atoms in total. The second-order valence-corrected chi connectivity index (χ2v) is 21.1. The van der Waals surface area contributed by atoms with Crippen LogP contribution in [0.1, 0.15) is 342 Å². The lowest BCUT2D eigenvalue weighted by atomic mass is 10.0. The average molecular weight is 934 g/mol. The Bertz CT molecular complexity index is 996. The minimum absolute atomic E-state index is 0.0618. The fraction of sp³-hybridized carbons (Fsp3) is 0.950. The lowest BCUT2D eigenvalue weighted by Gasteiger charge is -2.18. The van der Waals surface area contributed by atoms with Crippen LogP contribution in [0.4, 0.5) is 0 Å². The van der Waals surface area contributed by atoms with E-state index >= 15 is 0 Å². The van der Waals surface area contributed by atoms with Crippen molar-refractivity contribution in [3.8, 4) is 0 Å². The zero-order valence-corrected chi connectivity index (χ0v) is 45.2. The molecule has 0 rings (SSSR count). The van der Waals surface area contributed by atoms with Crippen LogP contribution in [-0.2, 0) is 28.6 Å². The van der Waals surface area contributed by atoms with Crippen molar-refractivity contribution in [3.05, 3.63) is 0 Å². The summed E-state index contributed by atoms with van der Waals surface area (Å²) in [6.07, 6.45) is 59.5. The summed E-state index contributed by atoms with van der Waals surface area (Å²) >= 11 is 0. The third-order valence-electron chi connectivity index (χ3n) is 13.8. The molecule has 0 radical (unpaired) electrons. The summed E-state index contributed by atoms with van der Waals surface area (Å²) in [5.41, 5.74) is 0. The molecule has 0 fully saturated rings. The molecule has 0 aromatic carbocycles. The first-order chi connectivity index (χ1) is 32.4. The van der Waals surface area contributed by atoms with Gasteiger partial charge in [-0.2, -0.15) is 0 Å². The average Bonchev–Trinajstić information content (AvgIpc) is 3.30. The summed E-state index contributed by atoms with van der Waals surface area (Å²) in [7, 11) is 0. The summed E-state index contributed by atoms with van der Waals surface area (Å²) in [5.74, 6) is -0.00903. The van der Waals surface area contributed by atoms with Gasteiger partial charge < -0.3 is 14.2 Å². The van der Waals surface area contributed by atoms with Gasteiger partial charge in [-0.3, -0.25) is 14.4 Å². The van der Waals surface area contributed by atoms with E-state index in [2.05, 4.69) is 27.7 Å². The van der Waals surface area contributed by atoms with Crippen LogP contribution in [0.2, 0.25) is 0 Å². The van der Waals surface area contributed by atoms with Crippen molar-refractivity contribution in [2.45, 2.75) is 348 Å². The van der Waals surface area contributed by atoms with Gasteiger partial charge in [-0.25, -0.2) is 0 Å². The van der Waals surface area contributed by atoms with E-state index < -0.39 is 6.10 Å². The first-order valence-corrected chi connectivity index (χ1v) is 29.9. The number of carbonyl (C=O) groups excluding carboxylic acids is 3. The molecule has 0 spiro atoms. The van der Waals surface area contributed by atoms with Crippen molar-refractivity contribution in [2.24, 2.45) is 5.92 Å². The molecule has 392 valence electrons. The Labute approximate surface area is 412 Å². The molecule has 0 aliphatic rings. The normalized spacial score (nSPS) is 12.0. The monoisotopic (exact) mass is 933 g/mol. The lowest BCUT2D eigenvalue weighted by molar-refractivity contribution is -0.167. The molecule has 0 aromatic heterocycles. The van der Waals surface area contributed by atoms with E-state index in [4.69, 9.17) is 14.2 Å². The Kier molecular flexibility index (Phi) is 53.0. The highest BCUT2D eigenvalue weighted by atomic mass is 16.6. The quantitative estimate of drug-likeness (QED) is 0.0343. The van der Waals surface area contributed by atoms with Gasteiger partial charge in [-0.1, -0.05) is 304 Å². The zero-order chi connectivity index (χ0) is 48.1. The van der Waals surface area contributed by atoms with E-state index in [1.54, 1.807) is 0 Å². The van der Waals surface area contributed by atoms with E-state index in [0.717, 1.165) is 63.7 Å². The van der Waals surface area contributed by atoms with Crippen LogP contribution in [0, 0.1) is 5.92 Å². The van der Waals surface area contributed by atoms with Crippen LogP contribution in [0.5, 0.6) is 0 Å². The van der Waals surface area contributed by atoms with Gasteiger partial charge in [0.25, 0.3) is 0 Å². The zero-order valence-electron chi connectivity index (χ0n) is 45.2. The third kappa shape index (κ3) is 53.4. The highest BCUT2D eigenvalue weighted by Crippen LogP contribution is 2.18. The molecular weight excluding hydrogens is 817 g/mol. The van der Waals surface area contributed by atoms with Gasteiger partial charge in [-0.15, -0.1) is 0 Å². The van der Waals surface area contributed by atoms with E-state index in [-0.39, 0.29) is 31.1 Å². The smallest absolute Gasteiger partial charge is 0.306 e. The Hall–Kier alpha value is -1.59. The van der Waals surface area contributed by atoms with Gasteiger partial charge in [0.05, 0.1) is 0 Å². The molecule has 0 unspecified atom stereocenters. The number of ether oxygens (including phenoxy) is 3.